The number of anilines is 2. The Labute approximate surface area is 205 Å². The zero-order valence-electron chi connectivity index (χ0n) is 19.1. The van der Waals surface area contributed by atoms with Gasteiger partial charge in [-0.3, -0.25) is 4.79 Å². The molecule has 5 rings (SSSR count). The first-order chi connectivity index (χ1) is 16.6. The fraction of sp³-hybridized carbons (Fsp3) is 0.462. The number of benzene rings is 2. The number of hydrogen-bond donors (Lipinski definition) is 4. The molecule has 7 nitrogen and oxygen atoms in total. The smallest absolute Gasteiger partial charge is 0.228 e. The standard InChI is InChI=1S/C26H31ClN6O/c27-18-6-8-20(9-7-18)31-24-23-22(12-17-29-25(23)34)33(32-24)26(15-16-28)13-10-21(11-14-26)30-19-4-2-1-3-5-19/h1-9,21-24,30-32H,10-15,17H2,(H,29,34). The average molecular weight is 479 g/mol. The lowest BCUT2D eigenvalue weighted by Gasteiger charge is -2.48. The van der Waals surface area contributed by atoms with Crippen molar-refractivity contribution in [2.45, 2.75) is 62.3 Å². The van der Waals surface area contributed by atoms with Crippen molar-refractivity contribution in [2.24, 2.45) is 5.92 Å². The molecule has 1 amide bonds. The molecule has 2 aromatic rings. The number of fused-ring (bicyclic) bond motifs is 1. The molecule has 0 spiro atoms. The number of piperidine rings is 1. The van der Waals surface area contributed by atoms with Crippen LogP contribution in [-0.4, -0.2) is 41.2 Å². The van der Waals surface area contributed by atoms with Crippen LogP contribution in [0.25, 0.3) is 0 Å². The normalized spacial score (nSPS) is 31.2. The Balaban J connectivity index is 1.35. The Morgan fingerprint density at radius 3 is 2.44 bits per heavy atom. The van der Waals surface area contributed by atoms with Crippen LogP contribution in [0.4, 0.5) is 11.4 Å². The van der Waals surface area contributed by atoms with Gasteiger partial charge in [-0.05, 0) is 68.5 Å². The van der Waals surface area contributed by atoms with E-state index in [1.165, 1.54) is 0 Å². The van der Waals surface area contributed by atoms with Gasteiger partial charge >= 0.3 is 0 Å². The Morgan fingerprint density at radius 1 is 1.03 bits per heavy atom. The molecule has 178 valence electrons. The molecule has 3 atom stereocenters. The van der Waals surface area contributed by atoms with Crippen molar-refractivity contribution in [1.82, 2.24) is 15.8 Å². The Bertz CT molecular complexity index is 1030. The highest BCUT2D eigenvalue weighted by Crippen LogP contribution is 2.43. The SMILES string of the molecule is N#CCC1(N2NC(Nc3ccc(Cl)cc3)C3C(=O)NCCC32)CCC(Nc2ccccc2)CC1. The van der Waals surface area contributed by atoms with E-state index < -0.39 is 0 Å². The summed E-state index contributed by atoms with van der Waals surface area (Å²) >= 11 is 6.05. The van der Waals surface area contributed by atoms with Gasteiger partial charge < -0.3 is 16.0 Å². The Hall–Kier alpha value is -2.79. The van der Waals surface area contributed by atoms with E-state index in [1.807, 2.05) is 42.5 Å². The van der Waals surface area contributed by atoms with E-state index in [2.05, 4.69) is 44.6 Å². The van der Waals surface area contributed by atoms with Crippen LogP contribution in [-0.2, 0) is 4.79 Å². The van der Waals surface area contributed by atoms with E-state index in [4.69, 9.17) is 11.6 Å². The molecule has 0 radical (unpaired) electrons. The molecule has 3 aliphatic rings. The topological polar surface area (TPSA) is 92.2 Å². The number of hydrogen-bond acceptors (Lipinski definition) is 6. The summed E-state index contributed by atoms with van der Waals surface area (Å²) in [5.74, 6) is -0.176. The molecule has 2 saturated heterocycles. The third kappa shape index (κ3) is 4.58. The Kier molecular flexibility index (Phi) is 6.64. The zero-order chi connectivity index (χ0) is 23.5. The van der Waals surface area contributed by atoms with Gasteiger partial charge in [0.15, 0.2) is 0 Å². The first-order valence-electron chi connectivity index (χ1n) is 12.1. The summed E-state index contributed by atoms with van der Waals surface area (Å²) in [6, 6.07) is 20.7. The van der Waals surface area contributed by atoms with Crippen LogP contribution in [0.1, 0.15) is 38.5 Å². The maximum Gasteiger partial charge on any atom is 0.228 e. The van der Waals surface area contributed by atoms with E-state index in [-0.39, 0.29) is 29.6 Å². The highest BCUT2D eigenvalue weighted by atomic mass is 35.5. The van der Waals surface area contributed by atoms with Crippen molar-refractivity contribution in [2.75, 3.05) is 17.2 Å². The lowest BCUT2D eigenvalue weighted by Crippen LogP contribution is -2.60. The second kappa shape index (κ2) is 9.83. The van der Waals surface area contributed by atoms with Crippen molar-refractivity contribution in [3.63, 3.8) is 0 Å². The number of carbonyl (C=O) groups excluding carboxylic acids is 1. The molecule has 0 bridgehead atoms. The predicted octanol–water partition coefficient (Wildman–Crippen LogP) is 4.11. The minimum absolute atomic E-state index is 0.0468. The van der Waals surface area contributed by atoms with Crippen LogP contribution in [0.2, 0.25) is 5.02 Å². The molecule has 4 N–H and O–H groups in total. The molecular formula is C26H31ClN6O. The van der Waals surface area contributed by atoms with Crippen LogP contribution in [0.15, 0.2) is 54.6 Å². The summed E-state index contributed by atoms with van der Waals surface area (Å²) in [5, 5.41) is 22.9. The van der Waals surface area contributed by atoms with Gasteiger partial charge in [-0.2, -0.15) is 5.26 Å². The number of amides is 1. The molecular weight excluding hydrogens is 448 g/mol. The van der Waals surface area contributed by atoms with Crippen molar-refractivity contribution >= 4 is 28.9 Å². The third-order valence-electron chi connectivity index (χ3n) is 7.57. The fourth-order valence-corrected chi connectivity index (χ4v) is 5.99. The van der Waals surface area contributed by atoms with Gasteiger partial charge in [0, 0.05) is 40.6 Å². The van der Waals surface area contributed by atoms with Crippen LogP contribution in [0.3, 0.4) is 0 Å². The lowest BCUT2D eigenvalue weighted by molar-refractivity contribution is -0.128. The maximum absolute atomic E-state index is 13.0. The van der Waals surface area contributed by atoms with Gasteiger partial charge in [0.1, 0.15) is 6.17 Å². The van der Waals surface area contributed by atoms with E-state index in [0.717, 1.165) is 43.5 Å². The summed E-state index contributed by atoms with van der Waals surface area (Å²) in [6.45, 7) is 0.659. The molecule has 0 aromatic heterocycles. The highest BCUT2D eigenvalue weighted by molar-refractivity contribution is 6.30. The average Bonchev–Trinajstić information content (AvgIpc) is 3.23. The van der Waals surface area contributed by atoms with E-state index >= 15 is 0 Å². The summed E-state index contributed by atoms with van der Waals surface area (Å²) in [6.07, 6.45) is 4.81. The lowest BCUT2D eigenvalue weighted by atomic mass is 9.75. The van der Waals surface area contributed by atoms with Crippen LogP contribution < -0.4 is 21.4 Å². The summed E-state index contributed by atoms with van der Waals surface area (Å²) in [4.78, 5) is 13.0. The third-order valence-corrected chi connectivity index (χ3v) is 7.82. The molecule has 2 aliphatic heterocycles. The van der Waals surface area contributed by atoms with Crippen molar-refractivity contribution < 1.29 is 4.79 Å². The zero-order valence-corrected chi connectivity index (χ0v) is 19.9. The number of carbonyl (C=O) groups is 1. The van der Waals surface area contributed by atoms with Crippen LogP contribution in [0, 0.1) is 17.2 Å². The molecule has 3 fully saturated rings. The van der Waals surface area contributed by atoms with E-state index in [9.17, 15) is 10.1 Å². The molecule has 8 heteroatoms. The van der Waals surface area contributed by atoms with Gasteiger partial charge in [-0.1, -0.05) is 29.8 Å². The Morgan fingerprint density at radius 2 is 1.74 bits per heavy atom. The van der Waals surface area contributed by atoms with Crippen LogP contribution in [0.5, 0.6) is 0 Å². The number of rotatable bonds is 6. The second-order valence-corrected chi connectivity index (χ2v) is 10.1. The van der Waals surface area contributed by atoms with Crippen LogP contribution >= 0.6 is 11.6 Å². The molecule has 1 saturated carbocycles. The number of halogens is 1. The van der Waals surface area contributed by atoms with Crippen molar-refractivity contribution in [1.29, 1.82) is 5.26 Å². The van der Waals surface area contributed by atoms with Crippen molar-refractivity contribution in [3.05, 3.63) is 59.6 Å². The molecule has 3 unspecified atom stereocenters. The minimum atomic E-state index is -0.291. The van der Waals surface area contributed by atoms with Gasteiger partial charge in [-0.25, -0.2) is 10.4 Å². The number of nitriles is 1. The quantitative estimate of drug-likeness (QED) is 0.499. The predicted molar refractivity (Wildman–Crippen MR) is 134 cm³/mol. The number of nitrogens with zero attached hydrogens (tertiary/aromatic N) is 2. The molecule has 1 aliphatic carbocycles. The van der Waals surface area contributed by atoms with E-state index in [0.29, 0.717) is 24.0 Å². The highest BCUT2D eigenvalue weighted by Gasteiger charge is 2.54. The molecule has 2 aromatic carbocycles. The summed E-state index contributed by atoms with van der Waals surface area (Å²) in [5.41, 5.74) is 5.40. The number of hydrazine groups is 1. The van der Waals surface area contributed by atoms with Gasteiger partial charge in [0.2, 0.25) is 5.91 Å². The van der Waals surface area contributed by atoms with Gasteiger partial charge in [0.05, 0.1) is 18.4 Å². The van der Waals surface area contributed by atoms with Crippen molar-refractivity contribution in [3.8, 4) is 6.07 Å². The minimum Gasteiger partial charge on any atom is -0.382 e. The number of para-hydroxylation sites is 1. The largest absolute Gasteiger partial charge is 0.382 e. The monoisotopic (exact) mass is 478 g/mol. The van der Waals surface area contributed by atoms with Gasteiger partial charge in [-0.15, -0.1) is 0 Å². The van der Waals surface area contributed by atoms with E-state index in [1.54, 1.807) is 0 Å². The first kappa shape index (κ1) is 23.0. The summed E-state index contributed by atoms with van der Waals surface area (Å²) in [7, 11) is 0. The fourth-order valence-electron chi connectivity index (χ4n) is 5.86. The maximum atomic E-state index is 13.0. The molecule has 2 heterocycles. The number of nitrogens with one attached hydrogen (secondary N) is 4. The second-order valence-electron chi connectivity index (χ2n) is 9.64. The first-order valence-corrected chi connectivity index (χ1v) is 12.5. The summed E-state index contributed by atoms with van der Waals surface area (Å²) < 4.78 is 0. The molecule has 34 heavy (non-hydrogen) atoms. The van der Waals surface area contributed by atoms with Gasteiger partial charge in [0.25, 0.3) is 0 Å².